The van der Waals surface area contributed by atoms with Crippen LogP contribution in [0.4, 0.5) is 10.5 Å². The molecule has 1 aromatic rings. The molecule has 0 saturated heterocycles. The molecule has 8 heteroatoms. The quantitative estimate of drug-likeness (QED) is 0.556. The highest BCUT2D eigenvalue weighted by Gasteiger charge is 2.32. The highest BCUT2D eigenvalue weighted by Crippen LogP contribution is 2.38. The summed E-state index contributed by atoms with van der Waals surface area (Å²) < 4.78 is 10.6. The van der Waals surface area contributed by atoms with Crippen LogP contribution >= 0.6 is 0 Å². The lowest BCUT2D eigenvalue weighted by atomic mass is 9.76. The van der Waals surface area contributed by atoms with Crippen LogP contribution in [-0.2, 0) is 14.3 Å². The van der Waals surface area contributed by atoms with E-state index in [1.54, 1.807) is 52.0 Å². The van der Waals surface area contributed by atoms with Crippen molar-refractivity contribution in [3.63, 3.8) is 0 Å². The van der Waals surface area contributed by atoms with Crippen LogP contribution in [0, 0.1) is 5.41 Å². The van der Waals surface area contributed by atoms with Crippen molar-refractivity contribution in [2.24, 2.45) is 5.41 Å². The monoisotopic (exact) mass is 459 g/mol. The molecule has 0 saturated carbocycles. The van der Waals surface area contributed by atoms with Crippen LogP contribution in [0.25, 0.3) is 0 Å². The molecule has 3 N–H and O–H groups in total. The van der Waals surface area contributed by atoms with Gasteiger partial charge in [-0.25, -0.2) is 4.79 Å². The maximum atomic E-state index is 13.0. The van der Waals surface area contributed by atoms with E-state index in [2.05, 4.69) is 29.8 Å². The standard InChI is InChI=1S/C25H37N3O5/c1-8-32-18-11-9-17(10-12-18)27-22(30)19-13-14-25(6,7)15-20(19)28-21(29)16(2)26-23(31)33-24(3,4)5/h9-12,16H,8,13-15H2,1-7H3,(H,26,31)(H,27,30)(H,28,29). The molecule has 1 aliphatic carbocycles. The van der Waals surface area contributed by atoms with E-state index in [0.717, 1.165) is 12.2 Å². The topological polar surface area (TPSA) is 106 Å². The third kappa shape index (κ3) is 8.44. The van der Waals surface area contributed by atoms with Gasteiger partial charge in [-0.15, -0.1) is 0 Å². The van der Waals surface area contributed by atoms with Crippen LogP contribution in [0.2, 0.25) is 0 Å². The van der Waals surface area contributed by atoms with Crippen LogP contribution in [0.1, 0.15) is 67.7 Å². The van der Waals surface area contributed by atoms with Gasteiger partial charge in [0, 0.05) is 17.0 Å². The molecular formula is C25H37N3O5. The Balaban J connectivity index is 2.13. The van der Waals surface area contributed by atoms with Crippen molar-refractivity contribution in [2.75, 3.05) is 11.9 Å². The van der Waals surface area contributed by atoms with E-state index in [1.165, 1.54) is 0 Å². The van der Waals surface area contributed by atoms with Crippen molar-refractivity contribution >= 4 is 23.6 Å². The van der Waals surface area contributed by atoms with E-state index >= 15 is 0 Å². The van der Waals surface area contributed by atoms with Gasteiger partial charge in [0.1, 0.15) is 17.4 Å². The van der Waals surface area contributed by atoms with Crippen molar-refractivity contribution in [2.45, 2.75) is 79.4 Å². The summed E-state index contributed by atoms with van der Waals surface area (Å²) in [5.74, 6) is 0.0752. The van der Waals surface area contributed by atoms with Crippen molar-refractivity contribution in [3.8, 4) is 5.75 Å². The molecule has 182 valence electrons. The average Bonchev–Trinajstić information content (AvgIpc) is 2.67. The van der Waals surface area contributed by atoms with Crippen molar-refractivity contribution in [1.82, 2.24) is 10.6 Å². The second kappa shape index (κ2) is 10.7. The fourth-order valence-corrected chi connectivity index (χ4v) is 3.47. The second-order valence-electron chi connectivity index (χ2n) is 10.1. The van der Waals surface area contributed by atoms with E-state index in [9.17, 15) is 14.4 Å². The van der Waals surface area contributed by atoms with E-state index in [-0.39, 0.29) is 11.3 Å². The Morgan fingerprint density at radius 3 is 2.30 bits per heavy atom. The summed E-state index contributed by atoms with van der Waals surface area (Å²) in [5, 5.41) is 8.32. The van der Waals surface area contributed by atoms with Crippen molar-refractivity contribution in [3.05, 3.63) is 35.5 Å². The first-order valence-corrected chi connectivity index (χ1v) is 11.4. The minimum atomic E-state index is -0.826. The van der Waals surface area contributed by atoms with Crippen LogP contribution in [0.3, 0.4) is 0 Å². The summed E-state index contributed by atoms with van der Waals surface area (Å²) in [6.45, 7) is 13.5. The molecule has 0 radical (unpaired) electrons. The molecule has 0 fully saturated rings. The number of rotatable bonds is 7. The molecule has 0 bridgehead atoms. The number of hydrogen-bond donors (Lipinski definition) is 3. The number of amides is 3. The Morgan fingerprint density at radius 2 is 1.73 bits per heavy atom. The molecule has 1 aliphatic rings. The SMILES string of the molecule is CCOc1ccc(NC(=O)C2=C(NC(=O)C(C)NC(=O)OC(C)(C)C)CC(C)(C)CC2)cc1. The Labute approximate surface area is 196 Å². The normalized spacial score (nSPS) is 16.5. The predicted molar refractivity (Wildman–Crippen MR) is 128 cm³/mol. The van der Waals surface area contributed by atoms with Crippen molar-refractivity contribution < 1.29 is 23.9 Å². The molecule has 0 aromatic heterocycles. The smallest absolute Gasteiger partial charge is 0.408 e. The van der Waals surface area contributed by atoms with Crippen LogP contribution < -0.4 is 20.7 Å². The molecule has 33 heavy (non-hydrogen) atoms. The number of alkyl carbamates (subject to hydrolysis) is 1. The van der Waals surface area contributed by atoms with Gasteiger partial charge in [-0.1, -0.05) is 13.8 Å². The summed E-state index contributed by atoms with van der Waals surface area (Å²) in [5.41, 5.74) is 1.04. The van der Waals surface area contributed by atoms with Gasteiger partial charge in [-0.3, -0.25) is 9.59 Å². The number of allylic oxidation sites excluding steroid dienone is 1. The Hall–Kier alpha value is -3.03. The zero-order valence-electron chi connectivity index (χ0n) is 20.8. The third-order valence-corrected chi connectivity index (χ3v) is 5.17. The summed E-state index contributed by atoms with van der Waals surface area (Å²) in [6, 6.07) is 6.32. The molecule has 8 nitrogen and oxygen atoms in total. The number of ether oxygens (including phenoxy) is 2. The van der Waals surface area contributed by atoms with Gasteiger partial charge in [-0.05, 0) is 83.6 Å². The lowest BCUT2D eigenvalue weighted by molar-refractivity contribution is -0.122. The molecule has 1 unspecified atom stereocenters. The number of hydrogen-bond acceptors (Lipinski definition) is 5. The van der Waals surface area contributed by atoms with Gasteiger partial charge in [0.15, 0.2) is 0 Å². The minimum Gasteiger partial charge on any atom is -0.494 e. The summed E-state index contributed by atoms with van der Waals surface area (Å²) in [4.78, 5) is 37.8. The fourth-order valence-electron chi connectivity index (χ4n) is 3.47. The summed E-state index contributed by atoms with van der Waals surface area (Å²) in [6.07, 6.45) is 1.24. The highest BCUT2D eigenvalue weighted by molar-refractivity contribution is 6.05. The molecule has 0 aliphatic heterocycles. The number of anilines is 1. The van der Waals surface area contributed by atoms with E-state index in [1.807, 2.05) is 6.92 Å². The predicted octanol–water partition coefficient (Wildman–Crippen LogP) is 4.52. The Bertz CT molecular complexity index is 898. The number of carbonyl (C=O) groups excluding carboxylic acids is 3. The number of nitrogens with one attached hydrogen (secondary N) is 3. The second-order valence-corrected chi connectivity index (χ2v) is 10.1. The van der Waals surface area contributed by atoms with E-state index < -0.39 is 23.6 Å². The van der Waals surface area contributed by atoms with Gasteiger partial charge < -0.3 is 25.4 Å². The summed E-state index contributed by atoms with van der Waals surface area (Å²) in [7, 11) is 0. The highest BCUT2D eigenvalue weighted by atomic mass is 16.6. The lowest BCUT2D eigenvalue weighted by Gasteiger charge is -2.33. The van der Waals surface area contributed by atoms with Gasteiger partial charge in [0.2, 0.25) is 5.91 Å². The van der Waals surface area contributed by atoms with Crippen molar-refractivity contribution in [1.29, 1.82) is 0 Å². The first-order valence-electron chi connectivity index (χ1n) is 11.4. The van der Waals surface area contributed by atoms with Gasteiger partial charge >= 0.3 is 6.09 Å². The minimum absolute atomic E-state index is 0.0621. The maximum Gasteiger partial charge on any atom is 0.408 e. The first-order chi connectivity index (χ1) is 15.3. The third-order valence-electron chi connectivity index (χ3n) is 5.17. The van der Waals surface area contributed by atoms with Gasteiger partial charge in [0.05, 0.1) is 6.61 Å². The number of benzene rings is 1. The average molecular weight is 460 g/mol. The van der Waals surface area contributed by atoms with E-state index in [4.69, 9.17) is 9.47 Å². The van der Waals surface area contributed by atoms with Crippen LogP contribution in [0.5, 0.6) is 5.75 Å². The van der Waals surface area contributed by atoms with Gasteiger partial charge in [-0.2, -0.15) is 0 Å². The molecular weight excluding hydrogens is 422 g/mol. The van der Waals surface area contributed by atoms with Crippen LogP contribution in [-0.4, -0.2) is 36.2 Å². The molecule has 0 heterocycles. The Kier molecular flexibility index (Phi) is 8.52. The van der Waals surface area contributed by atoms with E-state index in [0.29, 0.717) is 36.4 Å². The van der Waals surface area contributed by atoms with Crippen LogP contribution in [0.15, 0.2) is 35.5 Å². The maximum absolute atomic E-state index is 13.0. The van der Waals surface area contributed by atoms with Gasteiger partial charge in [0.25, 0.3) is 5.91 Å². The number of carbonyl (C=O) groups is 3. The molecule has 1 aromatic carbocycles. The molecule has 3 amide bonds. The molecule has 0 spiro atoms. The fraction of sp³-hybridized carbons (Fsp3) is 0.560. The first kappa shape index (κ1) is 26.2. The summed E-state index contributed by atoms with van der Waals surface area (Å²) >= 11 is 0. The molecule has 1 atom stereocenters. The largest absolute Gasteiger partial charge is 0.494 e. The zero-order chi connectivity index (χ0) is 24.8. The lowest BCUT2D eigenvalue weighted by Crippen LogP contribution is -2.47. The Morgan fingerprint density at radius 1 is 1.09 bits per heavy atom. The zero-order valence-corrected chi connectivity index (χ0v) is 20.8. The molecule has 2 rings (SSSR count).